The summed E-state index contributed by atoms with van der Waals surface area (Å²) in [6, 6.07) is 5.33. The molecule has 0 saturated carbocycles. The summed E-state index contributed by atoms with van der Waals surface area (Å²) in [6.45, 7) is 0.208. The lowest BCUT2D eigenvalue weighted by atomic mass is 10.2. The SMILES string of the molecule is Nc1nonc1CC(=O)N/N=C/c1ccc2c(c1)OCO2. The van der Waals surface area contributed by atoms with E-state index in [1.54, 1.807) is 18.2 Å². The number of nitrogens with one attached hydrogen (secondary N) is 1. The maximum Gasteiger partial charge on any atom is 0.246 e. The van der Waals surface area contributed by atoms with E-state index in [0.717, 1.165) is 5.56 Å². The molecule has 1 aliphatic rings. The lowest BCUT2D eigenvalue weighted by Gasteiger charge is -1.98. The number of nitrogen functional groups attached to an aromatic ring is 1. The molecular formula is C12H11N5O4. The van der Waals surface area contributed by atoms with Crippen LogP contribution in [0.1, 0.15) is 11.3 Å². The molecule has 2 aromatic rings. The molecule has 0 aliphatic carbocycles. The number of hydrogen-bond donors (Lipinski definition) is 2. The van der Waals surface area contributed by atoms with Crippen LogP contribution in [0.5, 0.6) is 11.5 Å². The van der Waals surface area contributed by atoms with E-state index in [1.165, 1.54) is 6.21 Å². The Bertz CT molecular complexity index is 697. The summed E-state index contributed by atoms with van der Waals surface area (Å²) < 4.78 is 14.8. The van der Waals surface area contributed by atoms with Crippen molar-refractivity contribution in [3.8, 4) is 11.5 Å². The zero-order chi connectivity index (χ0) is 14.7. The number of benzene rings is 1. The minimum atomic E-state index is -0.380. The van der Waals surface area contributed by atoms with Crippen LogP contribution >= 0.6 is 0 Å². The van der Waals surface area contributed by atoms with E-state index in [9.17, 15) is 4.79 Å². The van der Waals surface area contributed by atoms with Crippen molar-refractivity contribution in [1.82, 2.24) is 15.7 Å². The molecule has 2 heterocycles. The molecule has 1 aliphatic heterocycles. The molecule has 3 N–H and O–H groups in total. The normalized spacial score (nSPS) is 12.8. The molecule has 0 unspecified atom stereocenters. The Morgan fingerprint density at radius 1 is 1.38 bits per heavy atom. The van der Waals surface area contributed by atoms with Gasteiger partial charge in [-0.1, -0.05) is 5.16 Å². The largest absolute Gasteiger partial charge is 0.454 e. The van der Waals surface area contributed by atoms with Crippen molar-refractivity contribution in [2.45, 2.75) is 6.42 Å². The number of fused-ring (bicyclic) bond motifs is 1. The van der Waals surface area contributed by atoms with E-state index >= 15 is 0 Å². The van der Waals surface area contributed by atoms with Gasteiger partial charge in [0.15, 0.2) is 17.3 Å². The molecule has 3 rings (SSSR count). The van der Waals surface area contributed by atoms with Gasteiger partial charge >= 0.3 is 0 Å². The van der Waals surface area contributed by atoms with Crippen molar-refractivity contribution in [2.75, 3.05) is 12.5 Å². The molecular weight excluding hydrogens is 278 g/mol. The Labute approximate surface area is 118 Å². The van der Waals surface area contributed by atoms with Gasteiger partial charge in [-0.05, 0) is 28.9 Å². The van der Waals surface area contributed by atoms with Crippen LogP contribution in [-0.2, 0) is 11.2 Å². The van der Waals surface area contributed by atoms with Gasteiger partial charge in [0.25, 0.3) is 0 Å². The number of amides is 1. The molecule has 1 aromatic carbocycles. The van der Waals surface area contributed by atoms with Crippen molar-refractivity contribution in [2.24, 2.45) is 5.10 Å². The monoisotopic (exact) mass is 289 g/mol. The Balaban J connectivity index is 1.57. The van der Waals surface area contributed by atoms with E-state index in [2.05, 4.69) is 25.5 Å². The number of ether oxygens (including phenoxy) is 2. The summed E-state index contributed by atoms with van der Waals surface area (Å²) in [4.78, 5) is 11.6. The average Bonchev–Trinajstić information content (AvgIpc) is 3.08. The second-order valence-corrected chi connectivity index (χ2v) is 4.18. The van der Waals surface area contributed by atoms with E-state index in [0.29, 0.717) is 11.5 Å². The average molecular weight is 289 g/mol. The van der Waals surface area contributed by atoms with Gasteiger partial charge in [0, 0.05) is 0 Å². The van der Waals surface area contributed by atoms with Crippen LogP contribution in [-0.4, -0.2) is 29.2 Å². The van der Waals surface area contributed by atoms with Crippen LogP contribution in [0.15, 0.2) is 27.9 Å². The Kier molecular flexibility index (Phi) is 3.37. The third kappa shape index (κ3) is 2.91. The fourth-order valence-corrected chi connectivity index (χ4v) is 1.70. The summed E-state index contributed by atoms with van der Waals surface area (Å²) in [5, 5.41) is 10.7. The zero-order valence-corrected chi connectivity index (χ0v) is 10.8. The molecule has 9 heteroatoms. The van der Waals surface area contributed by atoms with Crippen molar-refractivity contribution >= 4 is 17.9 Å². The number of hydrogen-bond acceptors (Lipinski definition) is 8. The van der Waals surface area contributed by atoms with Gasteiger partial charge in [-0.25, -0.2) is 10.1 Å². The van der Waals surface area contributed by atoms with Crippen LogP contribution in [0.2, 0.25) is 0 Å². The number of anilines is 1. The lowest BCUT2D eigenvalue weighted by Crippen LogP contribution is -2.20. The van der Waals surface area contributed by atoms with Crippen molar-refractivity contribution in [1.29, 1.82) is 0 Å². The van der Waals surface area contributed by atoms with Gasteiger partial charge in [0.05, 0.1) is 12.6 Å². The molecule has 108 valence electrons. The molecule has 0 fully saturated rings. The molecule has 0 atom stereocenters. The lowest BCUT2D eigenvalue weighted by molar-refractivity contribution is -0.120. The molecule has 9 nitrogen and oxygen atoms in total. The smallest absolute Gasteiger partial charge is 0.246 e. The van der Waals surface area contributed by atoms with Crippen LogP contribution in [0.4, 0.5) is 5.82 Å². The highest BCUT2D eigenvalue weighted by Crippen LogP contribution is 2.31. The van der Waals surface area contributed by atoms with Crippen LogP contribution < -0.4 is 20.6 Å². The maximum absolute atomic E-state index is 11.6. The minimum absolute atomic E-state index is 0.0617. The Morgan fingerprint density at radius 3 is 3.05 bits per heavy atom. The third-order valence-corrected chi connectivity index (χ3v) is 2.71. The Morgan fingerprint density at radius 2 is 2.24 bits per heavy atom. The number of nitrogens with two attached hydrogens (primary N) is 1. The number of aromatic nitrogens is 2. The van der Waals surface area contributed by atoms with Gasteiger partial charge in [-0.15, -0.1) is 0 Å². The molecule has 1 aromatic heterocycles. The maximum atomic E-state index is 11.6. The van der Waals surface area contributed by atoms with Crippen molar-refractivity contribution < 1.29 is 18.9 Å². The zero-order valence-electron chi connectivity index (χ0n) is 10.8. The number of rotatable bonds is 4. The highest BCUT2D eigenvalue weighted by molar-refractivity contribution is 5.84. The Hall–Kier alpha value is -3.10. The topological polar surface area (TPSA) is 125 Å². The molecule has 0 radical (unpaired) electrons. The summed E-state index contributed by atoms with van der Waals surface area (Å²) in [7, 11) is 0. The number of carbonyl (C=O) groups excluding carboxylic acids is 1. The third-order valence-electron chi connectivity index (χ3n) is 2.71. The van der Waals surface area contributed by atoms with Crippen LogP contribution in [0.25, 0.3) is 0 Å². The second kappa shape index (κ2) is 5.49. The molecule has 0 spiro atoms. The van der Waals surface area contributed by atoms with Crippen LogP contribution in [0.3, 0.4) is 0 Å². The summed E-state index contributed by atoms with van der Waals surface area (Å²) >= 11 is 0. The van der Waals surface area contributed by atoms with Crippen molar-refractivity contribution in [3.05, 3.63) is 29.5 Å². The fraction of sp³-hybridized carbons (Fsp3) is 0.167. The first kappa shape index (κ1) is 12.9. The summed E-state index contributed by atoms with van der Waals surface area (Å²) in [5.74, 6) is 1.04. The molecule has 21 heavy (non-hydrogen) atoms. The standard InChI is InChI=1S/C12H11N5O4/c13-12-8(16-21-17-12)4-11(18)15-14-5-7-1-2-9-10(3-7)20-6-19-9/h1-3,5H,4,6H2,(H2,13,17)(H,15,18)/b14-5+. The van der Waals surface area contributed by atoms with E-state index in [4.69, 9.17) is 15.2 Å². The predicted octanol–water partition coefficient (Wildman–Crippen LogP) is 0.0733. The first-order valence-electron chi connectivity index (χ1n) is 6.01. The number of carbonyl (C=O) groups is 1. The summed E-state index contributed by atoms with van der Waals surface area (Å²) in [6.07, 6.45) is 1.43. The minimum Gasteiger partial charge on any atom is -0.454 e. The van der Waals surface area contributed by atoms with Crippen LogP contribution in [0, 0.1) is 0 Å². The summed E-state index contributed by atoms with van der Waals surface area (Å²) in [5.41, 5.74) is 8.84. The number of hydrazone groups is 1. The highest BCUT2D eigenvalue weighted by Gasteiger charge is 2.13. The predicted molar refractivity (Wildman–Crippen MR) is 70.7 cm³/mol. The van der Waals surface area contributed by atoms with Gasteiger partial charge < -0.3 is 15.2 Å². The first-order valence-corrected chi connectivity index (χ1v) is 6.01. The van der Waals surface area contributed by atoms with E-state index in [1.807, 2.05) is 0 Å². The van der Waals surface area contributed by atoms with E-state index in [-0.39, 0.29) is 30.6 Å². The van der Waals surface area contributed by atoms with Gasteiger partial charge in [0.1, 0.15) is 5.69 Å². The molecule has 0 bridgehead atoms. The highest BCUT2D eigenvalue weighted by atomic mass is 16.7. The van der Waals surface area contributed by atoms with Crippen molar-refractivity contribution in [3.63, 3.8) is 0 Å². The first-order chi connectivity index (χ1) is 10.2. The molecule has 1 amide bonds. The van der Waals surface area contributed by atoms with Gasteiger partial charge in [0.2, 0.25) is 12.7 Å². The quantitative estimate of drug-likeness (QED) is 0.602. The number of nitrogens with zero attached hydrogens (tertiary/aromatic N) is 3. The van der Waals surface area contributed by atoms with E-state index < -0.39 is 0 Å². The van der Waals surface area contributed by atoms with Gasteiger partial charge in [-0.2, -0.15) is 5.10 Å². The fourth-order valence-electron chi connectivity index (χ4n) is 1.70. The molecule has 0 saturated heterocycles. The van der Waals surface area contributed by atoms with Gasteiger partial charge in [-0.3, -0.25) is 4.79 Å². The second-order valence-electron chi connectivity index (χ2n) is 4.18.